The molecule has 1 aromatic rings. The average molecular weight is 267 g/mol. The first-order valence-corrected chi connectivity index (χ1v) is 6.34. The minimum absolute atomic E-state index is 0.135. The van der Waals surface area contributed by atoms with Gasteiger partial charge in [-0.3, -0.25) is 0 Å². The molecule has 0 aliphatic heterocycles. The Bertz CT molecular complexity index is 421. The lowest BCUT2D eigenvalue weighted by Gasteiger charge is -2.18. The lowest BCUT2D eigenvalue weighted by Crippen LogP contribution is -2.24. The molecule has 0 aliphatic carbocycles. The highest BCUT2D eigenvalue weighted by atomic mass is 19.1. The minimum Gasteiger partial charge on any atom is -0.496 e. The molecule has 0 spiro atoms. The van der Waals surface area contributed by atoms with Gasteiger partial charge in [-0.05, 0) is 26.0 Å². The van der Waals surface area contributed by atoms with Crippen LogP contribution in [0.2, 0.25) is 0 Å². The SMILES string of the molecule is C=C(C)COCCNC(C)c1c(F)cccc1OC. The van der Waals surface area contributed by atoms with Gasteiger partial charge in [-0.25, -0.2) is 4.39 Å². The maximum atomic E-state index is 13.8. The van der Waals surface area contributed by atoms with Crippen molar-refractivity contribution in [3.05, 3.63) is 41.7 Å². The maximum absolute atomic E-state index is 13.8. The largest absolute Gasteiger partial charge is 0.496 e. The van der Waals surface area contributed by atoms with Crippen molar-refractivity contribution in [1.82, 2.24) is 5.32 Å². The van der Waals surface area contributed by atoms with Crippen LogP contribution in [0.1, 0.15) is 25.5 Å². The molecule has 106 valence electrons. The molecule has 1 unspecified atom stereocenters. The van der Waals surface area contributed by atoms with Crippen LogP contribution in [-0.2, 0) is 4.74 Å². The number of ether oxygens (including phenoxy) is 2. The Morgan fingerprint density at radius 3 is 2.84 bits per heavy atom. The van der Waals surface area contributed by atoms with Crippen molar-refractivity contribution in [3.8, 4) is 5.75 Å². The molecular formula is C15H22FNO2. The maximum Gasteiger partial charge on any atom is 0.131 e. The summed E-state index contributed by atoms with van der Waals surface area (Å²) in [6, 6.07) is 4.70. The summed E-state index contributed by atoms with van der Waals surface area (Å²) < 4.78 is 24.4. The fraction of sp³-hybridized carbons (Fsp3) is 0.467. The summed E-state index contributed by atoms with van der Waals surface area (Å²) >= 11 is 0. The topological polar surface area (TPSA) is 30.5 Å². The van der Waals surface area contributed by atoms with Crippen LogP contribution in [0.25, 0.3) is 0 Å². The molecule has 4 heteroatoms. The average Bonchev–Trinajstić information content (AvgIpc) is 2.37. The van der Waals surface area contributed by atoms with E-state index in [1.54, 1.807) is 19.2 Å². The number of methoxy groups -OCH3 is 1. The van der Waals surface area contributed by atoms with E-state index in [-0.39, 0.29) is 11.9 Å². The molecule has 3 nitrogen and oxygen atoms in total. The van der Waals surface area contributed by atoms with Gasteiger partial charge in [0.25, 0.3) is 0 Å². The van der Waals surface area contributed by atoms with E-state index in [2.05, 4.69) is 11.9 Å². The fourth-order valence-electron chi connectivity index (χ4n) is 1.81. The first-order chi connectivity index (χ1) is 9.06. The molecule has 0 bridgehead atoms. The normalized spacial score (nSPS) is 12.2. The number of benzene rings is 1. The first-order valence-electron chi connectivity index (χ1n) is 6.34. The van der Waals surface area contributed by atoms with Gasteiger partial charge >= 0.3 is 0 Å². The second-order valence-electron chi connectivity index (χ2n) is 4.54. The zero-order valence-corrected chi connectivity index (χ0v) is 11.8. The highest BCUT2D eigenvalue weighted by molar-refractivity contribution is 5.36. The monoisotopic (exact) mass is 267 g/mol. The van der Waals surface area contributed by atoms with Gasteiger partial charge in [0, 0.05) is 18.2 Å². The standard InChI is InChI=1S/C15H22FNO2/c1-11(2)10-19-9-8-17-12(3)15-13(16)6-5-7-14(15)18-4/h5-7,12,17H,1,8-10H2,2-4H3. The van der Waals surface area contributed by atoms with Crippen LogP contribution in [0, 0.1) is 5.82 Å². The van der Waals surface area contributed by atoms with Crippen LogP contribution in [0.3, 0.4) is 0 Å². The molecule has 0 heterocycles. The number of rotatable bonds is 8. The molecule has 19 heavy (non-hydrogen) atoms. The van der Waals surface area contributed by atoms with Crippen LogP contribution in [0.15, 0.2) is 30.4 Å². The molecule has 0 fully saturated rings. The van der Waals surface area contributed by atoms with Crippen molar-refractivity contribution in [2.45, 2.75) is 19.9 Å². The Kier molecular flexibility index (Phi) is 6.53. The van der Waals surface area contributed by atoms with Crippen molar-refractivity contribution >= 4 is 0 Å². The van der Waals surface area contributed by atoms with Gasteiger partial charge in [-0.15, -0.1) is 0 Å². The van der Waals surface area contributed by atoms with Gasteiger partial charge in [0.05, 0.1) is 20.3 Å². The predicted molar refractivity (Wildman–Crippen MR) is 75.0 cm³/mol. The number of hydrogen-bond donors (Lipinski definition) is 1. The van der Waals surface area contributed by atoms with E-state index in [0.717, 1.165) is 5.57 Å². The van der Waals surface area contributed by atoms with Crippen LogP contribution in [-0.4, -0.2) is 26.9 Å². The summed E-state index contributed by atoms with van der Waals surface area (Å²) in [6.07, 6.45) is 0. The molecule has 0 saturated carbocycles. The molecule has 1 N–H and O–H groups in total. The van der Waals surface area contributed by atoms with Gasteiger partial charge in [0.15, 0.2) is 0 Å². The summed E-state index contributed by atoms with van der Waals surface area (Å²) in [5.74, 6) is 0.296. The fourth-order valence-corrected chi connectivity index (χ4v) is 1.81. The molecule has 0 radical (unpaired) electrons. The van der Waals surface area contributed by atoms with Crippen LogP contribution < -0.4 is 10.1 Å². The van der Waals surface area contributed by atoms with Crippen molar-refractivity contribution in [2.24, 2.45) is 0 Å². The summed E-state index contributed by atoms with van der Waals surface area (Å²) in [7, 11) is 1.54. The van der Waals surface area contributed by atoms with Gasteiger partial charge in [0.1, 0.15) is 11.6 Å². The van der Waals surface area contributed by atoms with Gasteiger partial charge < -0.3 is 14.8 Å². The molecule has 1 rings (SSSR count). The van der Waals surface area contributed by atoms with Crippen molar-refractivity contribution in [1.29, 1.82) is 0 Å². The molecular weight excluding hydrogens is 245 g/mol. The Morgan fingerprint density at radius 1 is 1.47 bits per heavy atom. The Morgan fingerprint density at radius 2 is 2.21 bits per heavy atom. The third kappa shape index (κ3) is 5.01. The summed E-state index contributed by atoms with van der Waals surface area (Å²) in [4.78, 5) is 0. The van der Waals surface area contributed by atoms with E-state index < -0.39 is 0 Å². The van der Waals surface area contributed by atoms with Crippen molar-refractivity contribution in [2.75, 3.05) is 26.9 Å². The first kappa shape index (κ1) is 15.7. The highest BCUT2D eigenvalue weighted by Crippen LogP contribution is 2.27. The van der Waals surface area contributed by atoms with Crippen LogP contribution in [0.4, 0.5) is 4.39 Å². The Balaban J connectivity index is 2.49. The molecule has 0 aromatic heterocycles. The van der Waals surface area contributed by atoms with Crippen molar-refractivity contribution in [3.63, 3.8) is 0 Å². The number of hydrogen-bond acceptors (Lipinski definition) is 3. The summed E-state index contributed by atoms with van der Waals surface area (Å²) in [6.45, 7) is 9.34. The molecule has 0 amide bonds. The molecule has 1 aromatic carbocycles. The molecule has 0 aliphatic rings. The second-order valence-corrected chi connectivity index (χ2v) is 4.54. The molecule has 0 saturated heterocycles. The van der Waals surface area contributed by atoms with E-state index in [1.165, 1.54) is 6.07 Å². The second kappa shape index (κ2) is 7.92. The van der Waals surface area contributed by atoms with E-state index in [1.807, 2.05) is 13.8 Å². The van der Waals surface area contributed by atoms with Crippen LogP contribution >= 0.6 is 0 Å². The minimum atomic E-state index is -0.262. The quantitative estimate of drug-likeness (QED) is 0.580. The zero-order chi connectivity index (χ0) is 14.3. The Hall–Kier alpha value is -1.39. The summed E-state index contributed by atoms with van der Waals surface area (Å²) in [5.41, 5.74) is 1.54. The van der Waals surface area contributed by atoms with E-state index in [0.29, 0.717) is 31.1 Å². The number of nitrogens with one attached hydrogen (secondary N) is 1. The smallest absolute Gasteiger partial charge is 0.131 e. The van der Waals surface area contributed by atoms with Gasteiger partial charge in [-0.2, -0.15) is 0 Å². The third-order valence-corrected chi connectivity index (χ3v) is 2.71. The zero-order valence-electron chi connectivity index (χ0n) is 11.8. The van der Waals surface area contributed by atoms with Crippen LogP contribution in [0.5, 0.6) is 5.75 Å². The Labute approximate surface area is 114 Å². The van der Waals surface area contributed by atoms with E-state index in [4.69, 9.17) is 9.47 Å². The van der Waals surface area contributed by atoms with Gasteiger partial charge in [0.2, 0.25) is 0 Å². The highest BCUT2D eigenvalue weighted by Gasteiger charge is 2.15. The third-order valence-electron chi connectivity index (χ3n) is 2.71. The molecule has 1 atom stereocenters. The predicted octanol–water partition coefficient (Wildman–Crippen LogP) is 3.08. The van der Waals surface area contributed by atoms with E-state index in [9.17, 15) is 4.39 Å². The van der Waals surface area contributed by atoms with E-state index >= 15 is 0 Å². The lowest BCUT2D eigenvalue weighted by atomic mass is 10.1. The lowest BCUT2D eigenvalue weighted by molar-refractivity contribution is 0.155. The summed E-state index contributed by atoms with van der Waals surface area (Å²) in [5, 5.41) is 3.21. The number of halogens is 1. The van der Waals surface area contributed by atoms with Gasteiger partial charge in [-0.1, -0.05) is 18.2 Å². The van der Waals surface area contributed by atoms with Crippen molar-refractivity contribution < 1.29 is 13.9 Å².